The summed E-state index contributed by atoms with van der Waals surface area (Å²) >= 11 is 3.24. The van der Waals surface area contributed by atoms with E-state index in [4.69, 9.17) is 4.42 Å². The SMILES string of the molecule is O=C(c1cccs1)N1CCS[C@@H]1c1ccco1. The van der Waals surface area contributed by atoms with E-state index in [1.54, 1.807) is 18.0 Å². The first-order valence-electron chi connectivity index (χ1n) is 5.36. The van der Waals surface area contributed by atoms with E-state index in [9.17, 15) is 4.79 Å². The standard InChI is InChI=1S/C12H11NO2S2/c14-11(10-4-2-7-16-10)13-5-8-17-12(13)9-3-1-6-15-9/h1-4,6-7,12H,5,8H2/t12-/m1/s1. The Kier molecular flexibility index (Phi) is 2.94. The van der Waals surface area contributed by atoms with Crippen LogP contribution in [0.1, 0.15) is 20.8 Å². The number of rotatable bonds is 2. The van der Waals surface area contributed by atoms with Crippen molar-refractivity contribution in [2.75, 3.05) is 12.3 Å². The highest BCUT2D eigenvalue weighted by Crippen LogP contribution is 2.39. The predicted octanol–water partition coefficient (Wildman–Crippen LogP) is 3.23. The summed E-state index contributed by atoms with van der Waals surface area (Å²) in [5, 5.41) is 1.96. The molecule has 0 aromatic carbocycles. The summed E-state index contributed by atoms with van der Waals surface area (Å²) < 4.78 is 5.40. The number of furan rings is 1. The zero-order valence-corrected chi connectivity index (χ0v) is 10.7. The summed E-state index contributed by atoms with van der Waals surface area (Å²) in [5.74, 6) is 1.92. The van der Waals surface area contributed by atoms with Gasteiger partial charge in [0.25, 0.3) is 5.91 Å². The minimum atomic E-state index is 0.0274. The number of amides is 1. The summed E-state index contributed by atoms with van der Waals surface area (Å²) in [6.07, 6.45) is 1.65. The Morgan fingerprint density at radius 1 is 1.41 bits per heavy atom. The lowest BCUT2D eigenvalue weighted by atomic mass is 10.3. The molecule has 3 heterocycles. The van der Waals surface area contributed by atoms with E-state index in [2.05, 4.69) is 0 Å². The number of thiophene rings is 1. The second kappa shape index (κ2) is 4.58. The number of carbonyl (C=O) groups excluding carboxylic acids is 1. The summed E-state index contributed by atoms with van der Waals surface area (Å²) in [5.41, 5.74) is 0. The van der Waals surface area contributed by atoms with Gasteiger partial charge >= 0.3 is 0 Å². The first-order valence-corrected chi connectivity index (χ1v) is 7.28. The van der Waals surface area contributed by atoms with Crippen LogP contribution < -0.4 is 0 Å². The molecule has 1 fully saturated rings. The van der Waals surface area contributed by atoms with E-state index in [-0.39, 0.29) is 11.3 Å². The monoisotopic (exact) mass is 265 g/mol. The molecule has 0 aliphatic carbocycles. The highest BCUT2D eigenvalue weighted by Gasteiger charge is 2.33. The van der Waals surface area contributed by atoms with Crippen molar-refractivity contribution in [3.05, 3.63) is 46.5 Å². The van der Waals surface area contributed by atoms with Crippen molar-refractivity contribution >= 4 is 29.0 Å². The zero-order valence-electron chi connectivity index (χ0n) is 9.04. The smallest absolute Gasteiger partial charge is 0.265 e. The molecule has 17 heavy (non-hydrogen) atoms. The van der Waals surface area contributed by atoms with Crippen molar-refractivity contribution in [1.29, 1.82) is 0 Å². The van der Waals surface area contributed by atoms with Crippen molar-refractivity contribution in [3.8, 4) is 0 Å². The second-order valence-corrected chi connectivity index (χ2v) is 5.85. The Morgan fingerprint density at radius 2 is 2.35 bits per heavy atom. The maximum absolute atomic E-state index is 12.3. The van der Waals surface area contributed by atoms with Crippen molar-refractivity contribution in [1.82, 2.24) is 4.90 Å². The van der Waals surface area contributed by atoms with Crippen LogP contribution in [-0.4, -0.2) is 23.1 Å². The van der Waals surface area contributed by atoms with Crippen molar-refractivity contribution < 1.29 is 9.21 Å². The van der Waals surface area contributed by atoms with Crippen LogP contribution in [0.15, 0.2) is 40.3 Å². The fourth-order valence-electron chi connectivity index (χ4n) is 1.89. The maximum Gasteiger partial charge on any atom is 0.265 e. The predicted molar refractivity (Wildman–Crippen MR) is 69.3 cm³/mol. The van der Waals surface area contributed by atoms with Gasteiger partial charge in [0, 0.05) is 12.3 Å². The van der Waals surface area contributed by atoms with Gasteiger partial charge in [0.05, 0.1) is 11.1 Å². The lowest BCUT2D eigenvalue weighted by Crippen LogP contribution is -2.29. The number of nitrogens with zero attached hydrogens (tertiary/aromatic N) is 1. The van der Waals surface area contributed by atoms with Crippen molar-refractivity contribution in [2.45, 2.75) is 5.37 Å². The molecular weight excluding hydrogens is 254 g/mol. The van der Waals surface area contributed by atoms with Crippen LogP contribution in [0.5, 0.6) is 0 Å². The van der Waals surface area contributed by atoms with Gasteiger partial charge in [0.2, 0.25) is 0 Å². The topological polar surface area (TPSA) is 33.5 Å². The highest BCUT2D eigenvalue weighted by atomic mass is 32.2. The third-order valence-corrected chi connectivity index (χ3v) is 4.75. The largest absolute Gasteiger partial charge is 0.466 e. The van der Waals surface area contributed by atoms with Gasteiger partial charge in [-0.1, -0.05) is 6.07 Å². The molecule has 0 spiro atoms. The van der Waals surface area contributed by atoms with Gasteiger partial charge in [0.15, 0.2) is 0 Å². The van der Waals surface area contributed by atoms with Gasteiger partial charge in [-0.3, -0.25) is 4.79 Å². The minimum Gasteiger partial charge on any atom is -0.466 e. The Labute approximate surface area is 107 Å². The van der Waals surface area contributed by atoms with Crippen LogP contribution in [0, 0.1) is 0 Å². The molecule has 0 radical (unpaired) electrons. The second-order valence-electron chi connectivity index (χ2n) is 3.71. The van der Waals surface area contributed by atoms with Gasteiger partial charge in [-0.25, -0.2) is 0 Å². The van der Waals surface area contributed by atoms with Gasteiger partial charge in [-0.05, 0) is 23.6 Å². The molecule has 2 aromatic rings. The van der Waals surface area contributed by atoms with Crippen LogP contribution in [0.2, 0.25) is 0 Å². The summed E-state index contributed by atoms with van der Waals surface area (Å²) in [6, 6.07) is 7.57. The van der Waals surface area contributed by atoms with E-state index in [1.165, 1.54) is 11.3 Å². The molecular formula is C12H11NO2S2. The molecule has 1 aliphatic rings. The summed E-state index contributed by atoms with van der Waals surface area (Å²) in [6.45, 7) is 0.784. The summed E-state index contributed by atoms with van der Waals surface area (Å²) in [4.78, 5) is 15.0. The minimum absolute atomic E-state index is 0.0274. The summed E-state index contributed by atoms with van der Waals surface area (Å²) in [7, 11) is 0. The Morgan fingerprint density at radius 3 is 3.06 bits per heavy atom. The van der Waals surface area contributed by atoms with Crippen LogP contribution in [0.3, 0.4) is 0 Å². The van der Waals surface area contributed by atoms with Gasteiger partial charge in [-0.15, -0.1) is 23.1 Å². The number of carbonyl (C=O) groups is 1. The maximum atomic E-state index is 12.3. The molecule has 0 N–H and O–H groups in total. The van der Waals surface area contributed by atoms with Crippen LogP contribution in [0.4, 0.5) is 0 Å². The Balaban J connectivity index is 1.85. The number of hydrogen-bond acceptors (Lipinski definition) is 4. The van der Waals surface area contributed by atoms with E-state index < -0.39 is 0 Å². The van der Waals surface area contributed by atoms with Gasteiger partial charge < -0.3 is 9.32 Å². The normalized spacial score (nSPS) is 19.8. The lowest BCUT2D eigenvalue weighted by molar-refractivity contribution is 0.0754. The Bertz CT molecular complexity index is 493. The fourth-order valence-corrected chi connectivity index (χ4v) is 3.77. The highest BCUT2D eigenvalue weighted by molar-refractivity contribution is 7.99. The third-order valence-electron chi connectivity index (χ3n) is 2.67. The molecule has 1 saturated heterocycles. The third kappa shape index (κ3) is 2.00. The quantitative estimate of drug-likeness (QED) is 0.836. The molecule has 1 aliphatic heterocycles. The number of thioether (sulfide) groups is 1. The molecule has 0 unspecified atom stereocenters. The molecule has 0 bridgehead atoms. The van der Waals surface area contributed by atoms with Gasteiger partial charge in [-0.2, -0.15) is 0 Å². The zero-order chi connectivity index (χ0) is 11.7. The number of hydrogen-bond donors (Lipinski definition) is 0. The molecule has 1 atom stereocenters. The van der Waals surface area contributed by atoms with Crippen LogP contribution in [-0.2, 0) is 0 Å². The van der Waals surface area contributed by atoms with Crippen molar-refractivity contribution in [2.24, 2.45) is 0 Å². The Hall–Kier alpha value is -1.20. The van der Waals surface area contributed by atoms with E-state index >= 15 is 0 Å². The average molecular weight is 265 g/mol. The first-order chi connectivity index (χ1) is 8.36. The van der Waals surface area contributed by atoms with E-state index in [0.717, 1.165) is 22.9 Å². The van der Waals surface area contributed by atoms with Crippen molar-refractivity contribution in [3.63, 3.8) is 0 Å². The lowest BCUT2D eigenvalue weighted by Gasteiger charge is -2.21. The molecule has 3 nitrogen and oxygen atoms in total. The van der Waals surface area contributed by atoms with E-state index in [1.807, 2.05) is 34.5 Å². The molecule has 5 heteroatoms. The molecule has 2 aromatic heterocycles. The first kappa shape index (κ1) is 10.9. The molecule has 1 amide bonds. The average Bonchev–Trinajstić information content (AvgIpc) is 3.09. The molecule has 3 rings (SSSR count). The molecule has 88 valence electrons. The molecule has 0 saturated carbocycles. The van der Waals surface area contributed by atoms with E-state index in [0.29, 0.717) is 0 Å². The fraction of sp³-hybridized carbons (Fsp3) is 0.250. The van der Waals surface area contributed by atoms with Crippen LogP contribution >= 0.6 is 23.1 Å². The van der Waals surface area contributed by atoms with Gasteiger partial charge in [0.1, 0.15) is 11.1 Å². The van der Waals surface area contributed by atoms with Crippen LogP contribution in [0.25, 0.3) is 0 Å².